The number of benzene rings is 8. The van der Waals surface area contributed by atoms with E-state index in [1.807, 2.05) is 12.1 Å². The fourth-order valence-corrected chi connectivity index (χ4v) is 11.3. The summed E-state index contributed by atoms with van der Waals surface area (Å²) in [5.41, 5.74) is 15.2. The first kappa shape index (κ1) is 36.9. The van der Waals surface area contributed by atoms with Gasteiger partial charge in [0.25, 0.3) is 0 Å². The molecular weight excluding hydrogens is 765 g/mol. The van der Waals surface area contributed by atoms with E-state index in [2.05, 4.69) is 195 Å². The number of nitrogens with zero attached hydrogens (tertiary/aromatic N) is 4. The van der Waals surface area contributed by atoms with E-state index in [4.69, 9.17) is 6.58 Å². The molecule has 0 atom stereocenters. The van der Waals surface area contributed by atoms with Crippen molar-refractivity contribution < 1.29 is 0 Å². The Hall–Kier alpha value is -7.92. The van der Waals surface area contributed by atoms with E-state index in [0.717, 1.165) is 83.1 Å². The monoisotopic (exact) mass is 806 g/mol. The van der Waals surface area contributed by atoms with Crippen molar-refractivity contribution in [2.45, 2.75) is 44.9 Å². The molecule has 2 aromatic heterocycles. The Morgan fingerprint density at radius 1 is 0.524 bits per heavy atom. The molecule has 2 aliphatic carbocycles. The van der Waals surface area contributed by atoms with Crippen LogP contribution in [-0.2, 0) is 10.8 Å². The van der Waals surface area contributed by atoms with Crippen LogP contribution in [0.15, 0.2) is 158 Å². The van der Waals surface area contributed by atoms with Crippen molar-refractivity contribution in [1.82, 2.24) is 9.13 Å². The fourth-order valence-electron chi connectivity index (χ4n) is 11.3. The van der Waals surface area contributed by atoms with Gasteiger partial charge in [-0.2, -0.15) is 10.5 Å². The van der Waals surface area contributed by atoms with Gasteiger partial charge in [0, 0.05) is 27.1 Å². The number of nitriles is 2. The van der Waals surface area contributed by atoms with Crippen LogP contribution in [0.4, 0.5) is 0 Å². The zero-order chi connectivity index (χ0) is 42.9. The molecule has 298 valence electrons. The van der Waals surface area contributed by atoms with Crippen LogP contribution >= 0.6 is 0 Å². The highest BCUT2D eigenvalue weighted by atomic mass is 15.0. The van der Waals surface area contributed by atoms with Gasteiger partial charge in [-0.15, -0.1) is 0 Å². The van der Waals surface area contributed by atoms with Crippen LogP contribution in [-0.4, -0.2) is 9.13 Å². The fraction of sp³-hybridized carbons (Fsp3) is 0.119. The molecule has 0 amide bonds. The summed E-state index contributed by atoms with van der Waals surface area (Å²) in [5.74, 6) is 0. The predicted molar refractivity (Wildman–Crippen MR) is 261 cm³/mol. The summed E-state index contributed by atoms with van der Waals surface area (Å²) in [6, 6.07) is 56.8. The SMILES string of the molecule is C=C1c2ccccc2C(C)(C)C/C=C\c2c1c1c3ccccc3ccc1n2-c1cc(C#N)c(-n2c3ccc4c(c3c3c5ccccc5ccc32)-c2ccccc2C4(C)C)cc1C#N. The first-order valence-electron chi connectivity index (χ1n) is 21.7. The largest absolute Gasteiger partial charge is 0.308 e. The summed E-state index contributed by atoms with van der Waals surface area (Å²) in [5, 5.41) is 30.6. The number of aromatic nitrogens is 2. The van der Waals surface area contributed by atoms with Gasteiger partial charge >= 0.3 is 0 Å². The van der Waals surface area contributed by atoms with Crippen molar-refractivity contribution in [1.29, 1.82) is 10.5 Å². The second kappa shape index (κ2) is 13.0. The molecule has 0 fully saturated rings. The van der Waals surface area contributed by atoms with Crippen LogP contribution in [0.2, 0.25) is 0 Å². The molecule has 0 unspecified atom stereocenters. The Morgan fingerprint density at radius 3 is 1.75 bits per heavy atom. The Morgan fingerprint density at radius 2 is 1.06 bits per heavy atom. The van der Waals surface area contributed by atoms with Crippen LogP contribution in [0.3, 0.4) is 0 Å². The van der Waals surface area contributed by atoms with Gasteiger partial charge in [-0.3, -0.25) is 0 Å². The lowest BCUT2D eigenvalue weighted by Gasteiger charge is -2.27. The van der Waals surface area contributed by atoms with Crippen molar-refractivity contribution in [3.05, 3.63) is 203 Å². The number of hydrogen-bond donors (Lipinski definition) is 0. The van der Waals surface area contributed by atoms with Gasteiger partial charge in [0.15, 0.2) is 0 Å². The van der Waals surface area contributed by atoms with Gasteiger partial charge in [0.1, 0.15) is 12.1 Å². The molecule has 0 radical (unpaired) electrons. The molecule has 4 heteroatoms. The summed E-state index contributed by atoms with van der Waals surface area (Å²) in [6.45, 7) is 14.1. The lowest BCUT2D eigenvalue weighted by molar-refractivity contribution is 0.534. The first-order chi connectivity index (χ1) is 30.6. The smallest absolute Gasteiger partial charge is 0.101 e. The molecule has 0 aliphatic heterocycles. The quantitative estimate of drug-likeness (QED) is 0.175. The summed E-state index contributed by atoms with van der Waals surface area (Å²) < 4.78 is 4.43. The molecule has 2 aliphatic rings. The molecule has 10 aromatic rings. The lowest BCUT2D eigenvalue weighted by atomic mass is 9.77. The molecule has 0 N–H and O–H groups in total. The van der Waals surface area contributed by atoms with E-state index in [1.165, 1.54) is 27.8 Å². The van der Waals surface area contributed by atoms with E-state index in [0.29, 0.717) is 22.5 Å². The average molecular weight is 807 g/mol. The summed E-state index contributed by atoms with van der Waals surface area (Å²) in [6.07, 6.45) is 5.28. The van der Waals surface area contributed by atoms with Gasteiger partial charge in [-0.25, -0.2) is 0 Å². The van der Waals surface area contributed by atoms with Gasteiger partial charge in [0.2, 0.25) is 0 Å². The molecule has 0 spiro atoms. The second-order valence-corrected chi connectivity index (χ2v) is 18.5. The van der Waals surface area contributed by atoms with Crippen LogP contribution in [0, 0.1) is 22.7 Å². The van der Waals surface area contributed by atoms with Crippen molar-refractivity contribution in [2.24, 2.45) is 0 Å². The van der Waals surface area contributed by atoms with E-state index < -0.39 is 0 Å². The average Bonchev–Trinajstić information content (AvgIpc) is 3.91. The van der Waals surface area contributed by atoms with Gasteiger partial charge in [0.05, 0.1) is 44.7 Å². The number of rotatable bonds is 2. The minimum atomic E-state index is -0.189. The van der Waals surface area contributed by atoms with Crippen molar-refractivity contribution in [3.8, 4) is 34.6 Å². The van der Waals surface area contributed by atoms with E-state index in [-0.39, 0.29) is 10.8 Å². The highest BCUT2D eigenvalue weighted by Crippen LogP contribution is 2.54. The molecule has 63 heavy (non-hydrogen) atoms. The maximum absolute atomic E-state index is 11.3. The van der Waals surface area contributed by atoms with Crippen molar-refractivity contribution >= 4 is 65.9 Å². The van der Waals surface area contributed by atoms with Gasteiger partial charge in [-0.05, 0) is 109 Å². The molecule has 0 saturated carbocycles. The van der Waals surface area contributed by atoms with Crippen LogP contribution in [0.1, 0.15) is 78.8 Å². The third-order valence-electron chi connectivity index (χ3n) is 14.3. The maximum Gasteiger partial charge on any atom is 0.101 e. The third-order valence-corrected chi connectivity index (χ3v) is 14.3. The standard InChI is InChI=1S/C59H42N4/c1-35-40-17-10-12-21-44(40)58(2,3)30-14-23-47-53(35)55-41-18-8-6-15-36(41)24-27-48(55)62(47)51-31-39(34-61)52(32-38(51)33-60)63-49-28-25-37-16-7-9-19-42(37)56(49)57-50(63)29-26-46-54(57)43-20-11-13-22-45(43)59(46,4)5/h6-29,31-32H,1,30H2,2-5H3/b23-14-. The molecule has 0 bridgehead atoms. The first-order valence-corrected chi connectivity index (χ1v) is 21.7. The van der Waals surface area contributed by atoms with E-state index in [9.17, 15) is 10.5 Å². The van der Waals surface area contributed by atoms with E-state index >= 15 is 0 Å². The molecule has 0 saturated heterocycles. The van der Waals surface area contributed by atoms with Crippen LogP contribution in [0.5, 0.6) is 0 Å². The Kier molecular flexibility index (Phi) is 7.64. The van der Waals surface area contributed by atoms with Crippen LogP contribution in [0.25, 0.3) is 88.4 Å². The second-order valence-electron chi connectivity index (χ2n) is 18.5. The summed E-state index contributed by atoms with van der Waals surface area (Å²) in [7, 11) is 0. The maximum atomic E-state index is 11.3. The zero-order valence-electron chi connectivity index (χ0n) is 35.7. The summed E-state index contributed by atoms with van der Waals surface area (Å²) in [4.78, 5) is 0. The lowest BCUT2D eigenvalue weighted by Crippen LogP contribution is -2.17. The van der Waals surface area contributed by atoms with Gasteiger partial charge in [-0.1, -0.05) is 156 Å². The topological polar surface area (TPSA) is 57.4 Å². The minimum Gasteiger partial charge on any atom is -0.308 e. The molecular formula is C59H42N4. The molecule has 12 rings (SSSR count). The van der Waals surface area contributed by atoms with E-state index in [1.54, 1.807) is 0 Å². The number of fused-ring (bicyclic) bond motifs is 15. The zero-order valence-corrected chi connectivity index (χ0v) is 35.7. The third kappa shape index (κ3) is 4.95. The summed E-state index contributed by atoms with van der Waals surface area (Å²) >= 11 is 0. The van der Waals surface area contributed by atoms with Crippen LogP contribution < -0.4 is 0 Å². The molecule has 2 heterocycles. The predicted octanol–water partition coefficient (Wildman–Crippen LogP) is 14.8. The molecule has 8 aromatic carbocycles. The Labute approximate surface area is 366 Å². The highest BCUT2D eigenvalue weighted by Gasteiger charge is 2.38. The van der Waals surface area contributed by atoms with Gasteiger partial charge < -0.3 is 9.13 Å². The molecule has 4 nitrogen and oxygen atoms in total. The number of hydrogen-bond acceptors (Lipinski definition) is 2. The van der Waals surface area contributed by atoms with Crippen molar-refractivity contribution in [3.63, 3.8) is 0 Å². The highest BCUT2D eigenvalue weighted by molar-refractivity contribution is 6.26. The minimum absolute atomic E-state index is 0.152. The Balaban J connectivity index is 1.19. The Bertz CT molecular complexity index is 3810. The number of allylic oxidation sites excluding steroid dienone is 1. The normalized spacial score (nSPS) is 15.3. The van der Waals surface area contributed by atoms with Crippen molar-refractivity contribution in [2.75, 3.05) is 0 Å².